The number of hydrogen-bond acceptors (Lipinski definition) is 3. The number of benzene rings is 1. The molecule has 0 heterocycles. The number of carbonyl (C=O) groups excluding carboxylic acids is 2. The van der Waals surface area contributed by atoms with E-state index >= 15 is 0 Å². The van der Waals surface area contributed by atoms with Crippen molar-refractivity contribution in [3.63, 3.8) is 0 Å². The van der Waals surface area contributed by atoms with Gasteiger partial charge in [-0.3, -0.25) is 9.59 Å². The fourth-order valence-electron chi connectivity index (χ4n) is 2.23. The molecule has 1 amide bonds. The zero-order valence-corrected chi connectivity index (χ0v) is 14.0. The number of aliphatic hydroxyl groups excluding tert-OH is 1. The highest BCUT2D eigenvalue weighted by Crippen LogP contribution is 2.12. The molecule has 4 nitrogen and oxygen atoms in total. The van der Waals surface area contributed by atoms with Crippen molar-refractivity contribution in [1.82, 2.24) is 5.32 Å². The van der Waals surface area contributed by atoms with Gasteiger partial charge in [0.25, 0.3) is 0 Å². The summed E-state index contributed by atoms with van der Waals surface area (Å²) in [5.74, 6) is 0.166. The van der Waals surface area contributed by atoms with Crippen LogP contribution in [0.1, 0.15) is 54.6 Å². The average molecular weight is 305 g/mol. The summed E-state index contributed by atoms with van der Waals surface area (Å²) in [5.41, 5.74) is 2.87. The maximum Gasteiger partial charge on any atom is 0.220 e. The van der Waals surface area contributed by atoms with E-state index in [0.717, 1.165) is 11.1 Å². The van der Waals surface area contributed by atoms with Crippen LogP contribution in [0, 0.1) is 19.8 Å². The Morgan fingerprint density at radius 2 is 1.82 bits per heavy atom. The van der Waals surface area contributed by atoms with Crippen molar-refractivity contribution >= 4 is 11.7 Å². The van der Waals surface area contributed by atoms with Gasteiger partial charge in [-0.05, 0) is 43.4 Å². The summed E-state index contributed by atoms with van der Waals surface area (Å²) in [7, 11) is 0. The predicted octanol–water partition coefficient (Wildman–Crippen LogP) is 2.79. The highest BCUT2D eigenvalue weighted by atomic mass is 16.3. The lowest BCUT2D eigenvalue weighted by atomic mass is 10.0. The van der Waals surface area contributed by atoms with Gasteiger partial charge in [-0.2, -0.15) is 0 Å². The second-order valence-corrected chi connectivity index (χ2v) is 6.31. The molecule has 0 saturated heterocycles. The lowest BCUT2D eigenvalue weighted by Gasteiger charge is -2.13. The van der Waals surface area contributed by atoms with Gasteiger partial charge in [0.05, 0.1) is 6.10 Å². The summed E-state index contributed by atoms with van der Waals surface area (Å²) in [5, 5.41) is 12.4. The Balaban J connectivity index is 2.37. The molecule has 1 atom stereocenters. The normalized spacial score (nSPS) is 12.3. The molecule has 0 aliphatic heterocycles. The quantitative estimate of drug-likeness (QED) is 0.726. The molecule has 1 rings (SSSR count). The molecule has 0 aliphatic rings. The Morgan fingerprint density at radius 1 is 1.14 bits per heavy atom. The van der Waals surface area contributed by atoms with Gasteiger partial charge in [-0.15, -0.1) is 0 Å². The Morgan fingerprint density at radius 3 is 2.41 bits per heavy atom. The van der Waals surface area contributed by atoms with Crippen LogP contribution in [-0.2, 0) is 4.79 Å². The van der Waals surface area contributed by atoms with Gasteiger partial charge >= 0.3 is 0 Å². The van der Waals surface area contributed by atoms with Gasteiger partial charge in [0.15, 0.2) is 5.78 Å². The van der Waals surface area contributed by atoms with Crippen LogP contribution >= 0.6 is 0 Å². The average Bonchev–Trinajstić information content (AvgIpc) is 2.44. The molecule has 0 saturated carbocycles. The van der Waals surface area contributed by atoms with Crippen molar-refractivity contribution in [3.05, 3.63) is 34.9 Å². The van der Waals surface area contributed by atoms with Crippen molar-refractivity contribution < 1.29 is 14.7 Å². The van der Waals surface area contributed by atoms with Crippen molar-refractivity contribution in [3.8, 4) is 0 Å². The number of nitrogens with one attached hydrogen (secondary N) is 1. The van der Waals surface area contributed by atoms with Crippen molar-refractivity contribution in [2.24, 2.45) is 5.92 Å². The fraction of sp³-hybridized carbons (Fsp3) is 0.556. The number of hydrogen-bond donors (Lipinski definition) is 2. The number of amides is 1. The standard InChI is InChI=1S/C18H27NO3/c1-12(2)9-16(20)11-19-18(22)8-7-17(21)15-6-5-13(3)14(4)10-15/h5-6,10,12,16,20H,7-9,11H2,1-4H3,(H,19,22). The van der Waals surface area contributed by atoms with E-state index in [-0.39, 0.29) is 31.1 Å². The Labute approximate surface area is 132 Å². The molecule has 1 aromatic carbocycles. The Bertz CT molecular complexity index is 523. The molecule has 22 heavy (non-hydrogen) atoms. The summed E-state index contributed by atoms with van der Waals surface area (Å²) in [6.45, 7) is 8.25. The van der Waals surface area contributed by atoms with Crippen molar-refractivity contribution in [1.29, 1.82) is 0 Å². The van der Waals surface area contributed by atoms with Crippen LogP contribution in [0.3, 0.4) is 0 Å². The number of Topliss-reactive ketones (excluding diaryl/α,β-unsaturated/α-hetero) is 1. The van der Waals surface area contributed by atoms with Crippen LogP contribution < -0.4 is 5.32 Å². The van der Waals surface area contributed by atoms with Gasteiger partial charge < -0.3 is 10.4 Å². The van der Waals surface area contributed by atoms with Crippen LogP contribution in [0.15, 0.2) is 18.2 Å². The first-order valence-electron chi connectivity index (χ1n) is 7.84. The summed E-state index contributed by atoms with van der Waals surface area (Å²) >= 11 is 0. The SMILES string of the molecule is Cc1ccc(C(=O)CCC(=O)NCC(O)CC(C)C)cc1C. The van der Waals surface area contributed by atoms with Gasteiger partial charge in [-0.25, -0.2) is 0 Å². The van der Waals surface area contributed by atoms with Crippen LogP contribution in [0.4, 0.5) is 0 Å². The molecular formula is C18H27NO3. The summed E-state index contributed by atoms with van der Waals surface area (Å²) in [4.78, 5) is 23.8. The minimum absolute atomic E-state index is 0.0269. The van der Waals surface area contributed by atoms with Gasteiger partial charge in [-0.1, -0.05) is 26.0 Å². The third-order valence-electron chi connectivity index (χ3n) is 3.69. The summed E-state index contributed by atoms with van der Waals surface area (Å²) in [6, 6.07) is 5.59. The first-order valence-corrected chi connectivity index (χ1v) is 7.84. The second kappa shape index (κ2) is 8.69. The van der Waals surface area contributed by atoms with E-state index in [1.54, 1.807) is 6.07 Å². The maximum atomic E-state index is 12.1. The number of aryl methyl sites for hydroxylation is 2. The third-order valence-corrected chi connectivity index (χ3v) is 3.69. The smallest absolute Gasteiger partial charge is 0.220 e. The molecule has 122 valence electrons. The van der Waals surface area contributed by atoms with Gasteiger partial charge in [0.1, 0.15) is 0 Å². The van der Waals surface area contributed by atoms with Crippen LogP contribution in [0.5, 0.6) is 0 Å². The maximum absolute atomic E-state index is 12.1. The molecule has 0 radical (unpaired) electrons. The first-order chi connectivity index (χ1) is 10.3. The minimum atomic E-state index is -0.528. The molecule has 0 aliphatic carbocycles. The molecule has 0 bridgehead atoms. The molecule has 2 N–H and O–H groups in total. The Hall–Kier alpha value is -1.68. The zero-order valence-electron chi connectivity index (χ0n) is 14.0. The highest BCUT2D eigenvalue weighted by Gasteiger charge is 2.12. The number of carbonyl (C=O) groups is 2. The van der Waals surface area contributed by atoms with E-state index in [2.05, 4.69) is 5.32 Å². The number of rotatable bonds is 8. The van der Waals surface area contributed by atoms with Gasteiger partial charge in [0, 0.05) is 24.9 Å². The van der Waals surface area contributed by atoms with E-state index in [1.165, 1.54) is 0 Å². The molecular weight excluding hydrogens is 278 g/mol. The lowest BCUT2D eigenvalue weighted by Crippen LogP contribution is -2.32. The molecule has 1 unspecified atom stereocenters. The summed E-state index contributed by atoms with van der Waals surface area (Å²) < 4.78 is 0. The first kappa shape index (κ1) is 18.4. The highest BCUT2D eigenvalue weighted by molar-refractivity contribution is 5.98. The number of ketones is 1. The molecule has 0 aromatic heterocycles. The fourth-order valence-corrected chi connectivity index (χ4v) is 2.23. The largest absolute Gasteiger partial charge is 0.391 e. The lowest BCUT2D eigenvalue weighted by molar-refractivity contribution is -0.121. The van der Waals surface area contributed by atoms with Crippen LogP contribution in [0.2, 0.25) is 0 Å². The van der Waals surface area contributed by atoms with E-state index in [1.807, 2.05) is 39.8 Å². The zero-order chi connectivity index (χ0) is 16.7. The van der Waals surface area contributed by atoms with E-state index in [4.69, 9.17) is 0 Å². The van der Waals surface area contributed by atoms with E-state index in [9.17, 15) is 14.7 Å². The minimum Gasteiger partial charge on any atom is -0.391 e. The summed E-state index contributed by atoms with van der Waals surface area (Å²) in [6.07, 6.45) is 0.468. The third kappa shape index (κ3) is 6.39. The monoisotopic (exact) mass is 305 g/mol. The number of aliphatic hydroxyl groups is 1. The van der Waals surface area contributed by atoms with E-state index < -0.39 is 6.10 Å². The van der Waals surface area contributed by atoms with Crippen LogP contribution in [-0.4, -0.2) is 29.4 Å². The van der Waals surface area contributed by atoms with Gasteiger partial charge in [0.2, 0.25) is 5.91 Å². The van der Waals surface area contributed by atoms with E-state index in [0.29, 0.717) is 17.9 Å². The topological polar surface area (TPSA) is 66.4 Å². The Kier molecular flexibility index (Phi) is 7.25. The second-order valence-electron chi connectivity index (χ2n) is 6.31. The van der Waals surface area contributed by atoms with Crippen molar-refractivity contribution in [2.45, 2.75) is 53.1 Å². The molecule has 1 aromatic rings. The molecule has 0 spiro atoms. The molecule has 0 fully saturated rings. The van der Waals surface area contributed by atoms with Crippen molar-refractivity contribution in [2.75, 3.05) is 6.54 Å². The van der Waals surface area contributed by atoms with Crippen LogP contribution in [0.25, 0.3) is 0 Å². The predicted molar refractivity (Wildman–Crippen MR) is 88.0 cm³/mol. The molecule has 4 heteroatoms.